The highest BCUT2D eigenvalue weighted by molar-refractivity contribution is 7.98. The van der Waals surface area contributed by atoms with E-state index in [1.165, 1.54) is 16.3 Å². The number of thiophene rings is 1. The fourth-order valence-corrected chi connectivity index (χ4v) is 4.27. The number of aromatic nitrogens is 6. The van der Waals surface area contributed by atoms with E-state index in [0.29, 0.717) is 33.8 Å². The highest BCUT2D eigenvalue weighted by Gasteiger charge is 2.16. The molecule has 0 aliphatic rings. The maximum absolute atomic E-state index is 12.5. The van der Waals surface area contributed by atoms with E-state index < -0.39 is 0 Å². The van der Waals surface area contributed by atoms with Crippen molar-refractivity contribution in [2.45, 2.75) is 10.9 Å². The zero-order valence-corrected chi connectivity index (χ0v) is 15.7. The van der Waals surface area contributed by atoms with Crippen LogP contribution < -0.4 is 5.56 Å². The number of benzene rings is 1. The molecule has 0 fully saturated rings. The molecular formula is C17H12N6O2S2. The summed E-state index contributed by atoms with van der Waals surface area (Å²) in [6, 6.07) is 9.37. The first-order chi connectivity index (χ1) is 13.2. The summed E-state index contributed by atoms with van der Waals surface area (Å²) in [5.41, 5.74) is 1.61. The fourth-order valence-electron chi connectivity index (χ4n) is 2.85. The second-order valence-corrected chi connectivity index (χ2v) is 7.53. The Hall–Kier alpha value is -2.98. The van der Waals surface area contributed by atoms with Gasteiger partial charge in [-0.25, -0.2) is 0 Å². The van der Waals surface area contributed by atoms with E-state index >= 15 is 0 Å². The summed E-state index contributed by atoms with van der Waals surface area (Å²) in [6.07, 6.45) is 0. The largest absolute Gasteiger partial charge is 0.338 e. The Morgan fingerprint density at radius 3 is 2.96 bits per heavy atom. The first-order valence-electron chi connectivity index (χ1n) is 8.03. The van der Waals surface area contributed by atoms with E-state index in [-0.39, 0.29) is 5.56 Å². The molecule has 5 rings (SSSR count). The molecule has 0 bridgehead atoms. The number of para-hydroxylation sites is 1. The molecule has 0 aliphatic heterocycles. The number of thioether (sulfide) groups is 1. The zero-order chi connectivity index (χ0) is 18.4. The van der Waals surface area contributed by atoms with E-state index in [2.05, 4.69) is 20.3 Å². The van der Waals surface area contributed by atoms with Crippen molar-refractivity contribution in [1.82, 2.24) is 29.3 Å². The highest BCUT2D eigenvalue weighted by atomic mass is 32.2. The second kappa shape index (κ2) is 6.32. The first kappa shape index (κ1) is 16.2. The highest BCUT2D eigenvalue weighted by Crippen LogP contribution is 2.25. The van der Waals surface area contributed by atoms with Gasteiger partial charge in [0.2, 0.25) is 17.5 Å². The Kier molecular flexibility index (Phi) is 3.80. The quantitative estimate of drug-likeness (QED) is 0.431. The van der Waals surface area contributed by atoms with Gasteiger partial charge in [0.1, 0.15) is 0 Å². The van der Waals surface area contributed by atoms with Crippen molar-refractivity contribution in [2.24, 2.45) is 7.05 Å². The lowest BCUT2D eigenvalue weighted by Gasteiger charge is -2.06. The van der Waals surface area contributed by atoms with Gasteiger partial charge in [-0.15, -0.1) is 10.2 Å². The van der Waals surface area contributed by atoms with Gasteiger partial charge in [-0.3, -0.25) is 13.8 Å². The Morgan fingerprint density at radius 2 is 2.11 bits per heavy atom. The van der Waals surface area contributed by atoms with Gasteiger partial charge in [0.05, 0.1) is 16.7 Å². The molecule has 0 saturated carbocycles. The Balaban J connectivity index is 1.52. The number of hydrogen-bond acceptors (Lipinski definition) is 8. The Morgan fingerprint density at radius 1 is 1.22 bits per heavy atom. The molecule has 0 radical (unpaired) electrons. The molecule has 0 saturated heterocycles. The van der Waals surface area contributed by atoms with Crippen LogP contribution in [0.15, 0.2) is 55.6 Å². The minimum atomic E-state index is -0.0978. The minimum Gasteiger partial charge on any atom is -0.338 e. The lowest BCUT2D eigenvalue weighted by atomic mass is 10.2. The van der Waals surface area contributed by atoms with Crippen molar-refractivity contribution in [3.8, 4) is 11.4 Å². The first-order valence-corrected chi connectivity index (χ1v) is 9.96. The van der Waals surface area contributed by atoms with Crippen LogP contribution >= 0.6 is 23.1 Å². The molecule has 0 atom stereocenters. The number of fused-ring (bicyclic) bond motifs is 3. The molecule has 4 aromatic heterocycles. The van der Waals surface area contributed by atoms with Gasteiger partial charge >= 0.3 is 0 Å². The molecule has 0 aliphatic carbocycles. The zero-order valence-electron chi connectivity index (χ0n) is 14.1. The second-order valence-electron chi connectivity index (χ2n) is 5.81. The number of hydrogen-bond donors (Lipinski definition) is 0. The number of aryl methyl sites for hydroxylation is 1. The third-order valence-corrected chi connectivity index (χ3v) is 5.77. The molecule has 8 nitrogen and oxygen atoms in total. The van der Waals surface area contributed by atoms with Gasteiger partial charge in [0.15, 0.2) is 5.16 Å². The summed E-state index contributed by atoms with van der Waals surface area (Å²) in [6.45, 7) is 0. The molecular weight excluding hydrogens is 384 g/mol. The Bertz CT molecular complexity index is 1320. The van der Waals surface area contributed by atoms with Gasteiger partial charge in [-0.1, -0.05) is 29.1 Å². The smallest absolute Gasteiger partial charge is 0.262 e. The van der Waals surface area contributed by atoms with Crippen molar-refractivity contribution >= 4 is 39.8 Å². The van der Waals surface area contributed by atoms with Crippen LogP contribution in [0.4, 0.5) is 0 Å². The van der Waals surface area contributed by atoms with Crippen molar-refractivity contribution in [1.29, 1.82) is 0 Å². The maximum atomic E-state index is 12.5. The molecule has 134 valence electrons. The number of nitrogens with zero attached hydrogens (tertiary/aromatic N) is 6. The predicted octanol–water partition coefficient (Wildman–Crippen LogP) is 2.99. The van der Waals surface area contributed by atoms with Crippen LogP contribution in [0, 0.1) is 0 Å². The lowest BCUT2D eigenvalue weighted by molar-refractivity contribution is 0.391. The van der Waals surface area contributed by atoms with Crippen LogP contribution in [0.3, 0.4) is 0 Å². The Labute approximate surface area is 160 Å². The summed E-state index contributed by atoms with van der Waals surface area (Å²) in [5.74, 6) is 2.03. The SMILES string of the molecule is Cn1c(=O)c2ccccc2n2c(SCc3nc(-c4ccsc4)no3)nnc12. The van der Waals surface area contributed by atoms with Gasteiger partial charge in [-0.05, 0) is 23.6 Å². The third-order valence-electron chi connectivity index (χ3n) is 4.17. The summed E-state index contributed by atoms with van der Waals surface area (Å²) >= 11 is 3.01. The van der Waals surface area contributed by atoms with Crippen LogP contribution in [0.2, 0.25) is 0 Å². The van der Waals surface area contributed by atoms with E-state index in [1.807, 2.05) is 39.4 Å². The molecule has 27 heavy (non-hydrogen) atoms. The van der Waals surface area contributed by atoms with Crippen molar-refractivity contribution in [2.75, 3.05) is 0 Å². The normalized spacial score (nSPS) is 11.6. The van der Waals surface area contributed by atoms with Crippen LogP contribution in [0.5, 0.6) is 0 Å². The topological polar surface area (TPSA) is 91.1 Å². The van der Waals surface area contributed by atoms with Crippen LogP contribution in [0.1, 0.15) is 5.89 Å². The van der Waals surface area contributed by atoms with Gasteiger partial charge < -0.3 is 4.52 Å². The van der Waals surface area contributed by atoms with E-state index in [9.17, 15) is 4.79 Å². The van der Waals surface area contributed by atoms with Gasteiger partial charge in [-0.2, -0.15) is 16.3 Å². The van der Waals surface area contributed by atoms with Crippen LogP contribution in [-0.4, -0.2) is 29.3 Å². The lowest BCUT2D eigenvalue weighted by Crippen LogP contribution is -2.20. The van der Waals surface area contributed by atoms with Gasteiger partial charge in [0, 0.05) is 18.0 Å². The minimum absolute atomic E-state index is 0.0978. The molecule has 5 aromatic rings. The average molecular weight is 396 g/mol. The van der Waals surface area contributed by atoms with E-state index in [1.54, 1.807) is 24.5 Å². The monoisotopic (exact) mass is 396 g/mol. The summed E-state index contributed by atoms with van der Waals surface area (Å²) in [7, 11) is 1.69. The van der Waals surface area contributed by atoms with Crippen molar-refractivity contribution in [3.05, 3.63) is 57.3 Å². The molecule has 10 heteroatoms. The molecule has 0 amide bonds. The van der Waals surface area contributed by atoms with Crippen LogP contribution in [-0.2, 0) is 12.8 Å². The molecule has 1 aromatic carbocycles. The predicted molar refractivity (Wildman–Crippen MR) is 103 cm³/mol. The molecule has 0 N–H and O–H groups in total. The van der Waals surface area contributed by atoms with Crippen molar-refractivity contribution in [3.63, 3.8) is 0 Å². The van der Waals surface area contributed by atoms with Crippen LogP contribution in [0.25, 0.3) is 28.1 Å². The average Bonchev–Trinajstić information content (AvgIpc) is 3.44. The standard InChI is InChI=1S/C17H12N6O2S2/c1-22-15(24)11-4-2-3-5-12(11)23-16(22)19-20-17(23)27-9-13-18-14(21-25-13)10-6-7-26-8-10/h2-8H,9H2,1H3. The number of rotatable bonds is 4. The molecule has 0 spiro atoms. The van der Waals surface area contributed by atoms with E-state index in [4.69, 9.17) is 4.52 Å². The molecule has 4 heterocycles. The van der Waals surface area contributed by atoms with E-state index in [0.717, 1.165) is 11.1 Å². The van der Waals surface area contributed by atoms with Crippen molar-refractivity contribution < 1.29 is 4.52 Å². The summed E-state index contributed by atoms with van der Waals surface area (Å²) in [5, 5.41) is 17.7. The summed E-state index contributed by atoms with van der Waals surface area (Å²) < 4.78 is 8.71. The fraction of sp³-hybridized carbons (Fsp3) is 0.118. The molecule has 0 unspecified atom stereocenters. The third kappa shape index (κ3) is 2.64. The maximum Gasteiger partial charge on any atom is 0.262 e. The summed E-state index contributed by atoms with van der Waals surface area (Å²) in [4.78, 5) is 16.9. The van der Waals surface area contributed by atoms with Gasteiger partial charge in [0.25, 0.3) is 5.56 Å².